The van der Waals surface area contributed by atoms with Gasteiger partial charge in [0.25, 0.3) is 0 Å². The van der Waals surface area contributed by atoms with Crippen LogP contribution < -0.4 is 5.32 Å². The smallest absolute Gasteiger partial charge is 0.0104 e. The van der Waals surface area contributed by atoms with Crippen molar-refractivity contribution in [2.75, 3.05) is 26.7 Å². The molecule has 2 atom stereocenters. The molecule has 2 unspecified atom stereocenters. The lowest BCUT2D eigenvalue weighted by molar-refractivity contribution is 0.320. The van der Waals surface area contributed by atoms with Gasteiger partial charge in [0, 0.05) is 19.1 Å². The molecule has 0 amide bonds. The second-order valence-electron chi connectivity index (χ2n) is 4.56. The van der Waals surface area contributed by atoms with Gasteiger partial charge in [-0.3, -0.25) is 0 Å². The summed E-state index contributed by atoms with van der Waals surface area (Å²) in [4.78, 5) is 2.36. The summed E-state index contributed by atoms with van der Waals surface area (Å²) in [5.74, 6) is 0.946. The van der Waals surface area contributed by atoms with Crippen LogP contribution in [0.3, 0.4) is 0 Å². The van der Waals surface area contributed by atoms with E-state index in [9.17, 15) is 0 Å². The average molecular weight is 198 g/mol. The van der Waals surface area contributed by atoms with E-state index >= 15 is 0 Å². The summed E-state index contributed by atoms with van der Waals surface area (Å²) in [5.41, 5.74) is 0. The molecule has 1 fully saturated rings. The first kappa shape index (κ1) is 12.0. The van der Waals surface area contributed by atoms with E-state index in [0.717, 1.165) is 25.0 Å². The van der Waals surface area contributed by atoms with Crippen LogP contribution in [-0.2, 0) is 0 Å². The first-order valence-corrected chi connectivity index (χ1v) is 6.19. The normalized spacial score (nSPS) is 27.4. The van der Waals surface area contributed by atoms with Gasteiger partial charge in [0.15, 0.2) is 0 Å². The molecular weight excluding hydrogens is 172 g/mol. The molecule has 0 aromatic rings. The molecule has 0 spiro atoms. The summed E-state index contributed by atoms with van der Waals surface area (Å²) in [6.45, 7) is 8.03. The number of hydrogen-bond donors (Lipinski definition) is 1. The van der Waals surface area contributed by atoms with Crippen molar-refractivity contribution in [3.63, 3.8) is 0 Å². The molecule has 84 valence electrons. The van der Waals surface area contributed by atoms with E-state index in [4.69, 9.17) is 0 Å². The third kappa shape index (κ3) is 3.58. The van der Waals surface area contributed by atoms with Crippen LogP contribution >= 0.6 is 0 Å². The van der Waals surface area contributed by atoms with Crippen LogP contribution in [0.4, 0.5) is 0 Å². The molecule has 1 N–H and O–H groups in total. The van der Waals surface area contributed by atoms with E-state index in [1.165, 1.54) is 32.2 Å². The monoisotopic (exact) mass is 198 g/mol. The molecule has 1 aliphatic carbocycles. The fourth-order valence-electron chi connectivity index (χ4n) is 2.39. The number of rotatable bonds is 6. The van der Waals surface area contributed by atoms with Crippen molar-refractivity contribution in [2.45, 2.75) is 45.6 Å². The molecule has 0 radical (unpaired) electrons. The van der Waals surface area contributed by atoms with Gasteiger partial charge < -0.3 is 10.2 Å². The summed E-state index contributed by atoms with van der Waals surface area (Å²) < 4.78 is 0. The first-order chi connectivity index (χ1) is 6.77. The predicted molar refractivity (Wildman–Crippen MR) is 62.6 cm³/mol. The van der Waals surface area contributed by atoms with Crippen molar-refractivity contribution in [1.29, 1.82) is 0 Å². The minimum Gasteiger partial charge on any atom is -0.312 e. The van der Waals surface area contributed by atoms with E-state index in [0.29, 0.717) is 0 Å². The van der Waals surface area contributed by atoms with Crippen molar-refractivity contribution in [1.82, 2.24) is 10.2 Å². The molecule has 1 aliphatic rings. The van der Waals surface area contributed by atoms with Crippen molar-refractivity contribution >= 4 is 0 Å². The second-order valence-corrected chi connectivity index (χ2v) is 4.56. The molecule has 0 aromatic carbocycles. The van der Waals surface area contributed by atoms with E-state index in [1.807, 2.05) is 0 Å². The van der Waals surface area contributed by atoms with Crippen LogP contribution in [0.2, 0.25) is 0 Å². The highest BCUT2D eigenvalue weighted by Crippen LogP contribution is 2.27. The molecule has 1 rings (SSSR count). The summed E-state index contributed by atoms with van der Waals surface area (Å²) in [5, 5.41) is 3.71. The van der Waals surface area contributed by atoms with Gasteiger partial charge in [0.05, 0.1) is 0 Å². The highest BCUT2D eigenvalue weighted by atomic mass is 15.1. The molecule has 0 saturated heterocycles. The highest BCUT2D eigenvalue weighted by Gasteiger charge is 2.24. The van der Waals surface area contributed by atoms with Gasteiger partial charge in [-0.05, 0) is 32.4 Å². The van der Waals surface area contributed by atoms with Crippen LogP contribution in [0.5, 0.6) is 0 Å². The summed E-state index contributed by atoms with van der Waals surface area (Å²) in [6, 6.07) is 0.810. The van der Waals surface area contributed by atoms with Crippen molar-refractivity contribution in [2.24, 2.45) is 5.92 Å². The summed E-state index contributed by atoms with van der Waals surface area (Å²) >= 11 is 0. The first-order valence-electron chi connectivity index (χ1n) is 6.19. The van der Waals surface area contributed by atoms with Crippen molar-refractivity contribution < 1.29 is 0 Å². The minimum absolute atomic E-state index is 0.810. The number of likely N-dealkylation sites (N-methyl/N-ethyl adjacent to an activating group) is 1. The topological polar surface area (TPSA) is 15.3 Å². The van der Waals surface area contributed by atoms with Gasteiger partial charge in [0.2, 0.25) is 0 Å². The molecule has 2 nitrogen and oxygen atoms in total. The van der Waals surface area contributed by atoms with Gasteiger partial charge in [0.1, 0.15) is 0 Å². The Kier molecular flexibility index (Phi) is 5.49. The third-order valence-corrected chi connectivity index (χ3v) is 3.62. The average Bonchev–Trinajstić information content (AvgIpc) is 2.65. The molecule has 0 aromatic heterocycles. The van der Waals surface area contributed by atoms with Crippen LogP contribution in [0.25, 0.3) is 0 Å². The largest absolute Gasteiger partial charge is 0.312 e. The summed E-state index contributed by atoms with van der Waals surface area (Å²) in [7, 11) is 2.19. The van der Waals surface area contributed by atoms with Gasteiger partial charge in [-0.1, -0.05) is 26.7 Å². The number of hydrogen-bond acceptors (Lipinski definition) is 2. The Morgan fingerprint density at radius 1 is 1.29 bits per heavy atom. The lowest BCUT2D eigenvalue weighted by Crippen LogP contribution is -2.37. The van der Waals surface area contributed by atoms with Crippen LogP contribution in [0.1, 0.15) is 39.5 Å². The molecule has 2 heteroatoms. The standard InChI is InChI=1S/C12H26N2/c1-4-11-7-6-8-12(11)13-9-10-14(3)5-2/h11-13H,4-10H2,1-3H3. The van der Waals surface area contributed by atoms with Gasteiger partial charge in [-0.15, -0.1) is 0 Å². The third-order valence-electron chi connectivity index (χ3n) is 3.62. The maximum absolute atomic E-state index is 3.71. The van der Waals surface area contributed by atoms with Crippen LogP contribution in [-0.4, -0.2) is 37.6 Å². The number of nitrogens with one attached hydrogen (secondary N) is 1. The molecular formula is C12H26N2. The fraction of sp³-hybridized carbons (Fsp3) is 1.00. The Bertz CT molecular complexity index is 147. The Hall–Kier alpha value is -0.0800. The molecule has 0 bridgehead atoms. The Labute approximate surface area is 89.1 Å². The Morgan fingerprint density at radius 2 is 2.07 bits per heavy atom. The van der Waals surface area contributed by atoms with Crippen molar-refractivity contribution in [3.05, 3.63) is 0 Å². The van der Waals surface area contributed by atoms with Crippen LogP contribution in [0.15, 0.2) is 0 Å². The molecule has 1 saturated carbocycles. The van der Waals surface area contributed by atoms with E-state index < -0.39 is 0 Å². The number of nitrogens with zero attached hydrogens (tertiary/aromatic N) is 1. The van der Waals surface area contributed by atoms with Gasteiger partial charge in [-0.2, -0.15) is 0 Å². The van der Waals surface area contributed by atoms with E-state index in [2.05, 4.69) is 31.1 Å². The maximum Gasteiger partial charge on any atom is 0.0104 e. The lowest BCUT2D eigenvalue weighted by Gasteiger charge is -2.21. The zero-order valence-electron chi connectivity index (χ0n) is 10.1. The van der Waals surface area contributed by atoms with Gasteiger partial charge >= 0.3 is 0 Å². The second kappa shape index (κ2) is 6.41. The zero-order valence-corrected chi connectivity index (χ0v) is 10.1. The van der Waals surface area contributed by atoms with E-state index in [1.54, 1.807) is 0 Å². The molecule has 0 heterocycles. The summed E-state index contributed by atoms with van der Waals surface area (Å²) in [6.07, 6.45) is 5.62. The van der Waals surface area contributed by atoms with Gasteiger partial charge in [-0.25, -0.2) is 0 Å². The predicted octanol–water partition coefficient (Wildman–Crippen LogP) is 2.11. The lowest BCUT2D eigenvalue weighted by atomic mass is 10.0. The Balaban J connectivity index is 2.11. The highest BCUT2D eigenvalue weighted by molar-refractivity contribution is 4.82. The Morgan fingerprint density at radius 3 is 2.71 bits per heavy atom. The molecule has 0 aliphatic heterocycles. The van der Waals surface area contributed by atoms with Crippen molar-refractivity contribution in [3.8, 4) is 0 Å². The minimum atomic E-state index is 0.810. The SMILES string of the molecule is CCC1CCCC1NCCN(C)CC. The van der Waals surface area contributed by atoms with Crippen LogP contribution in [0, 0.1) is 5.92 Å². The fourth-order valence-corrected chi connectivity index (χ4v) is 2.39. The molecule has 14 heavy (non-hydrogen) atoms. The quantitative estimate of drug-likeness (QED) is 0.703. The maximum atomic E-state index is 3.71. The zero-order chi connectivity index (χ0) is 10.4. The van der Waals surface area contributed by atoms with E-state index in [-0.39, 0.29) is 0 Å².